The van der Waals surface area contributed by atoms with Crippen LogP contribution in [0, 0.1) is 5.92 Å². The molecule has 2 fully saturated rings. The van der Waals surface area contributed by atoms with Gasteiger partial charge in [-0.15, -0.1) is 11.6 Å². The van der Waals surface area contributed by atoms with Crippen LogP contribution in [0.2, 0.25) is 0 Å². The van der Waals surface area contributed by atoms with Crippen LogP contribution in [0.5, 0.6) is 0 Å². The fraction of sp³-hybridized carbons (Fsp3) is 0.929. The molecule has 1 unspecified atom stereocenters. The molecule has 0 bridgehead atoms. The van der Waals surface area contributed by atoms with Gasteiger partial charge in [0.05, 0.1) is 0 Å². The van der Waals surface area contributed by atoms with Crippen LogP contribution in [0.3, 0.4) is 0 Å². The Morgan fingerprint density at radius 2 is 1.47 bits per heavy atom. The number of hydrogen-bond acceptors (Lipinski definition) is 1. The number of halogens is 1. The SMILES string of the molecule is O=C(C(Cl)C1CCCCCC1)N1CCCCC1. The highest BCUT2D eigenvalue weighted by molar-refractivity contribution is 6.30. The van der Waals surface area contributed by atoms with Gasteiger partial charge >= 0.3 is 0 Å². The van der Waals surface area contributed by atoms with Crippen LogP contribution in [0.4, 0.5) is 0 Å². The summed E-state index contributed by atoms with van der Waals surface area (Å²) in [5, 5.41) is -0.258. The van der Waals surface area contributed by atoms with Crippen LogP contribution >= 0.6 is 11.6 Å². The molecule has 0 aromatic carbocycles. The zero-order valence-electron chi connectivity index (χ0n) is 10.7. The summed E-state index contributed by atoms with van der Waals surface area (Å²) in [4.78, 5) is 14.3. The highest BCUT2D eigenvalue weighted by atomic mass is 35.5. The minimum atomic E-state index is -0.258. The molecule has 0 spiro atoms. The van der Waals surface area contributed by atoms with Gasteiger partial charge in [0.15, 0.2) is 0 Å². The van der Waals surface area contributed by atoms with Crippen LogP contribution in [0.25, 0.3) is 0 Å². The van der Waals surface area contributed by atoms with Crippen molar-refractivity contribution in [2.24, 2.45) is 5.92 Å². The number of likely N-dealkylation sites (tertiary alicyclic amines) is 1. The smallest absolute Gasteiger partial charge is 0.240 e. The molecular weight excluding hydrogens is 234 g/mol. The Bertz CT molecular complexity index is 243. The largest absolute Gasteiger partial charge is 0.341 e. The van der Waals surface area contributed by atoms with Crippen molar-refractivity contribution in [3.8, 4) is 0 Å². The monoisotopic (exact) mass is 257 g/mol. The van der Waals surface area contributed by atoms with Gasteiger partial charge in [-0.05, 0) is 38.0 Å². The number of hydrogen-bond donors (Lipinski definition) is 0. The normalized spacial score (nSPS) is 25.4. The van der Waals surface area contributed by atoms with E-state index in [1.54, 1.807) is 0 Å². The Morgan fingerprint density at radius 1 is 0.941 bits per heavy atom. The molecule has 1 atom stereocenters. The van der Waals surface area contributed by atoms with Gasteiger partial charge in [0.25, 0.3) is 0 Å². The lowest BCUT2D eigenvalue weighted by atomic mass is 9.95. The number of amides is 1. The first kappa shape index (κ1) is 13.2. The number of carbonyl (C=O) groups excluding carboxylic acids is 1. The van der Waals surface area contributed by atoms with Gasteiger partial charge in [-0.1, -0.05) is 25.7 Å². The summed E-state index contributed by atoms with van der Waals surface area (Å²) in [7, 11) is 0. The van der Waals surface area contributed by atoms with E-state index in [4.69, 9.17) is 11.6 Å². The third-order valence-corrected chi connectivity index (χ3v) is 4.76. The molecule has 98 valence electrons. The van der Waals surface area contributed by atoms with Gasteiger partial charge in [0, 0.05) is 13.1 Å². The second kappa shape index (κ2) is 6.63. The average Bonchev–Trinajstić information content (AvgIpc) is 2.67. The first-order valence-electron chi connectivity index (χ1n) is 7.22. The maximum atomic E-state index is 12.3. The summed E-state index contributed by atoms with van der Waals surface area (Å²) < 4.78 is 0. The van der Waals surface area contributed by atoms with Crippen molar-refractivity contribution >= 4 is 17.5 Å². The molecule has 2 nitrogen and oxygen atoms in total. The molecule has 1 saturated heterocycles. The zero-order valence-corrected chi connectivity index (χ0v) is 11.4. The van der Waals surface area contributed by atoms with Crippen LogP contribution < -0.4 is 0 Å². The molecule has 1 amide bonds. The van der Waals surface area contributed by atoms with Crippen molar-refractivity contribution in [1.82, 2.24) is 4.90 Å². The van der Waals surface area contributed by atoms with E-state index in [-0.39, 0.29) is 11.3 Å². The molecule has 17 heavy (non-hydrogen) atoms. The summed E-state index contributed by atoms with van der Waals surface area (Å²) in [6.07, 6.45) is 11.0. The van der Waals surface area contributed by atoms with Crippen molar-refractivity contribution in [3.05, 3.63) is 0 Å². The summed E-state index contributed by atoms with van der Waals surface area (Å²) >= 11 is 6.42. The summed E-state index contributed by atoms with van der Waals surface area (Å²) in [6.45, 7) is 1.85. The summed E-state index contributed by atoms with van der Waals surface area (Å²) in [5.74, 6) is 0.631. The van der Waals surface area contributed by atoms with Crippen molar-refractivity contribution < 1.29 is 4.79 Å². The van der Waals surface area contributed by atoms with Gasteiger partial charge in [0.1, 0.15) is 5.38 Å². The van der Waals surface area contributed by atoms with Crippen molar-refractivity contribution in [1.29, 1.82) is 0 Å². The maximum Gasteiger partial charge on any atom is 0.240 e. The Labute approximate surface area is 110 Å². The third-order valence-electron chi connectivity index (χ3n) is 4.22. The second-order valence-electron chi connectivity index (χ2n) is 5.54. The molecule has 0 aromatic heterocycles. The third kappa shape index (κ3) is 3.61. The van der Waals surface area contributed by atoms with Crippen LogP contribution in [0.15, 0.2) is 0 Å². The van der Waals surface area contributed by atoms with Crippen LogP contribution in [-0.4, -0.2) is 29.3 Å². The predicted octanol–water partition coefficient (Wildman–Crippen LogP) is 3.58. The van der Waals surface area contributed by atoms with Crippen molar-refractivity contribution in [2.75, 3.05) is 13.1 Å². The van der Waals surface area contributed by atoms with Gasteiger partial charge < -0.3 is 4.90 Å². The molecule has 1 saturated carbocycles. The van der Waals surface area contributed by atoms with E-state index in [9.17, 15) is 4.79 Å². The van der Waals surface area contributed by atoms with E-state index in [0.717, 1.165) is 38.8 Å². The van der Waals surface area contributed by atoms with E-state index in [0.29, 0.717) is 5.92 Å². The summed E-state index contributed by atoms with van der Waals surface area (Å²) in [5.41, 5.74) is 0. The number of carbonyl (C=O) groups is 1. The van der Waals surface area contributed by atoms with Crippen LogP contribution in [0.1, 0.15) is 57.8 Å². The Kier molecular flexibility index (Phi) is 5.15. The van der Waals surface area contributed by atoms with Gasteiger partial charge in [-0.2, -0.15) is 0 Å². The van der Waals surface area contributed by atoms with Gasteiger partial charge in [-0.3, -0.25) is 4.79 Å². The van der Waals surface area contributed by atoms with Crippen molar-refractivity contribution in [2.45, 2.75) is 63.2 Å². The lowest BCUT2D eigenvalue weighted by Crippen LogP contribution is -2.42. The molecule has 3 heteroatoms. The number of piperidine rings is 1. The zero-order chi connectivity index (χ0) is 12.1. The fourth-order valence-electron chi connectivity index (χ4n) is 3.09. The van der Waals surface area contributed by atoms with E-state index in [1.165, 1.54) is 32.1 Å². The predicted molar refractivity (Wildman–Crippen MR) is 71.3 cm³/mol. The average molecular weight is 258 g/mol. The van der Waals surface area contributed by atoms with E-state index in [1.807, 2.05) is 4.90 Å². The van der Waals surface area contributed by atoms with Gasteiger partial charge in [0.2, 0.25) is 5.91 Å². The minimum Gasteiger partial charge on any atom is -0.341 e. The highest BCUT2D eigenvalue weighted by Gasteiger charge is 2.30. The van der Waals surface area contributed by atoms with Crippen LogP contribution in [-0.2, 0) is 4.79 Å². The lowest BCUT2D eigenvalue weighted by Gasteiger charge is -2.31. The minimum absolute atomic E-state index is 0.207. The van der Waals surface area contributed by atoms with Gasteiger partial charge in [-0.25, -0.2) is 0 Å². The van der Waals surface area contributed by atoms with E-state index in [2.05, 4.69) is 0 Å². The number of nitrogens with zero attached hydrogens (tertiary/aromatic N) is 1. The quantitative estimate of drug-likeness (QED) is 0.547. The topological polar surface area (TPSA) is 20.3 Å². The molecule has 1 aliphatic heterocycles. The molecule has 1 heterocycles. The Balaban J connectivity index is 1.88. The molecule has 0 N–H and O–H groups in total. The first-order chi connectivity index (χ1) is 8.29. The first-order valence-corrected chi connectivity index (χ1v) is 7.65. The second-order valence-corrected chi connectivity index (χ2v) is 6.01. The van der Waals surface area contributed by atoms with Crippen molar-refractivity contribution in [3.63, 3.8) is 0 Å². The summed E-state index contributed by atoms with van der Waals surface area (Å²) in [6, 6.07) is 0. The van der Waals surface area contributed by atoms with E-state index >= 15 is 0 Å². The molecule has 0 aromatic rings. The lowest BCUT2D eigenvalue weighted by molar-refractivity contribution is -0.132. The number of alkyl halides is 1. The Hall–Kier alpha value is -0.240. The molecule has 1 aliphatic carbocycles. The molecule has 2 rings (SSSR count). The molecule has 0 radical (unpaired) electrons. The highest BCUT2D eigenvalue weighted by Crippen LogP contribution is 2.29. The molecular formula is C14H24ClNO. The number of rotatable bonds is 2. The Morgan fingerprint density at radius 3 is 2.06 bits per heavy atom. The molecule has 2 aliphatic rings. The standard InChI is InChI=1S/C14H24ClNO/c15-13(12-8-4-1-2-5-9-12)14(17)16-10-6-3-7-11-16/h12-13H,1-11H2. The van der Waals surface area contributed by atoms with E-state index < -0.39 is 0 Å². The fourth-order valence-corrected chi connectivity index (χ4v) is 3.48. The maximum absolute atomic E-state index is 12.3.